The maximum absolute atomic E-state index is 13.1. The van der Waals surface area contributed by atoms with Gasteiger partial charge in [0.2, 0.25) is 11.8 Å². The zero-order valence-corrected chi connectivity index (χ0v) is 18.5. The number of nitrogens with one attached hydrogen (secondary N) is 1. The minimum Gasteiger partial charge on any atom is -0.334 e. The van der Waals surface area contributed by atoms with Gasteiger partial charge in [0, 0.05) is 18.3 Å². The number of amides is 2. The molecular formula is C25H33N3O2. The summed E-state index contributed by atoms with van der Waals surface area (Å²) in [6, 6.07) is 16.2. The van der Waals surface area contributed by atoms with Crippen LogP contribution in [0.15, 0.2) is 48.5 Å². The summed E-state index contributed by atoms with van der Waals surface area (Å²) in [6.45, 7) is 7.18. The number of hydrogen-bond donors (Lipinski definition) is 1. The van der Waals surface area contributed by atoms with Gasteiger partial charge in [-0.1, -0.05) is 42.5 Å². The van der Waals surface area contributed by atoms with Gasteiger partial charge < -0.3 is 10.2 Å². The summed E-state index contributed by atoms with van der Waals surface area (Å²) in [5.41, 5.74) is 4.17. The van der Waals surface area contributed by atoms with Crippen molar-refractivity contribution in [1.82, 2.24) is 9.80 Å². The fourth-order valence-electron chi connectivity index (χ4n) is 3.77. The van der Waals surface area contributed by atoms with Gasteiger partial charge in [-0.05, 0) is 69.3 Å². The molecule has 30 heavy (non-hydrogen) atoms. The topological polar surface area (TPSA) is 52.7 Å². The van der Waals surface area contributed by atoms with E-state index in [1.165, 1.54) is 12.8 Å². The third-order valence-corrected chi connectivity index (χ3v) is 6.01. The zero-order chi connectivity index (χ0) is 21.7. The Hall–Kier alpha value is -2.66. The molecule has 2 amide bonds. The van der Waals surface area contributed by atoms with Gasteiger partial charge in [0.05, 0.1) is 13.1 Å². The molecule has 1 N–H and O–H groups in total. The molecule has 3 rings (SSSR count). The average Bonchev–Trinajstić information content (AvgIpc) is 3.55. The second-order valence-corrected chi connectivity index (χ2v) is 8.55. The van der Waals surface area contributed by atoms with Crippen LogP contribution in [0.1, 0.15) is 36.5 Å². The number of rotatable bonds is 9. The molecule has 0 radical (unpaired) electrons. The number of carbonyl (C=O) groups is 2. The van der Waals surface area contributed by atoms with Gasteiger partial charge in [-0.3, -0.25) is 14.5 Å². The van der Waals surface area contributed by atoms with E-state index in [9.17, 15) is 9.59 Å². The van der Waals surface area contributed by atoms with Crippen molar-refractivity contribution in [1.29, 1.82) is 0 Å². The summed E-state index contributed by atoms with van der Waals surface area (Å²) in [5, 5.41) is 2.97. The Morgan fingerprint density at radius 1 is 1.03 bits per heavy atom. The molecule has 5 heteroatoms. The summed E-state index contributed by atoms with van der Waals surface area (Å²) in [7, 11) is 1.82. The Morgan fingerprint density at radius 3 is 2.40 bits per heavy atom. The molecule has 1 fully saturated rings. The minimum atomic E-state index is -0.108. The highest BCUT2D eigenvalue weighted by Crippen LogP contribution is 2.35. The highest BCUT2D eigenvalue weighted by Gasteiger charge is 2.34. The van der Waals surface area contributed by atoms with E-state index in [-0.39, 0.29) is 30.9 Å². The molecule has 0 aliphatic heterocycles. The average molecular weight is 408 g/mol. The van der Waals surface area contributed by atoms with Gasteiger partial charge in [0.1, 0.15) is 0 Å². The van der Waals surface area contributed by atoms with Crippen LogP contribution in [0.5, 0.6) is 0 Å². The van der Waals surface area contributed by atoms with Gasteiger partial charge in [0.25, 0.3) is 0 Å². The van der Waals surface area contributed by atoms with Gasteiger partial charge in [-0.2, -0.15) is 0 Å². The largest absolute Gasteiger partial charge is 0.334 e. The van der Waals surface area contributed by atoms with Crippen LogP contribution in [0.25, 0.3) is 0 Å². The smallest absolute Gasteiger partial charge is 0.238 e. The fourth-order valence-corrected chi connectivity index (χ4v) is 3.77. The van der Waals surface area contributed by atoms with Crippen LogP contribution in [-0.4, -0.2) is 47.8 Å². The molecular weight excluding hydrogens is 374 g/mol. The second kappa shape index (κ2) is 9.90. The number of benzene rings is 2. The van der Waals surface area contributed by atoms with Crippen molar-refractivity contribution in [2.45, 2.75) is 46.2 Å². The third kappa shape index (κ3) is 5.92. The molecule has 0 saturated heterocycles. The van der Waals surface area contributed by atoms with Crippen molar-refractivity contribution in [2.75, 3.05) is 25.5 Å². The molecule has 0 bridgehead atoms. The third-order valence-electron chi connectivity index (χ3n) is 6.01. The first-order chi connectivity index (χ1) is 14.3. The summed E-state index contributed by atoms with van der Waals surface area (Å²) in [4.78, 5) is 29.4. The quantitative estimate of drug-likeness (QED) is 0.684. The molecule has 1 atom stereocenters. The Labute approximate surface area is 180 Å². The summed E-state index contributed by atoms with van der Waals surface area (Å²) >= 11 is 0. The molecule has 2 aromatic rings. The van der Waals surface area contributed by atoms with Gasteiger partial charge >= 0.3 is 0 Å². The highest BCUT2D eigenvalue weighted by atomic mass is 16.2. The summed E-state index contributed by atoms with van der Waals surface area (Å²) < 4.78 is 0. The van der Waals surface area contributed by atoms with E-state index in [1.54, 1.807) is 4.90 Å². The van der Waals surface area contributed by atoms with Crippen LogP contribution < -0.4 is 5.32 Å². The van der Waals surface area contributed by atoms with Crippen LogP contribution in [0.2, 0.25) is 0 Å². The van der Waals surface area contributed by atoms with Crippen LogP contribution in [0, 0.1) is 19.8 Å². The Kier molecular flexibility index (Phi) is 7.27. The molecule has 0 unspecified atom stereocenters. The second-order valence-electron chi connectivity index (χ2n) is 8.55. The first-order valence-corrected chi connectivity index (χ1v) is 10.7. The molecule has 0 aromatic heterocycles. The molecule has 1 aliphatic rings. The Morgan fingerprint density at radius 2 is 1.73 bits per heavy atom. The predicted octanol–water partition coefficient (Wildman–Crippen LogP) is 4.00. The highest BCUT2D eigenvalue weighted by molar-refractivity contribution is 5.93. The van der Waals surface area contributed by atoms with E-state index in [4.69, 9.17) is 0 Å². The van der Waals surface area contributed by atoms with Crippen molar-refractivity contribution >= 4 is 17.5 Å². The lowest BCUT2D eigenvalue weighted by molar-refractivity contribution is -0.135. The number of nitrogens with zero attached hydrogens (tertiary/aromatic N) is 2. The molecule has 1 saturated carbocycles. The number of anilines is 1. The van der Waals surface area contributed by atoms with E-state index < -0.39 is 0 Å². The molecule has 0 spiro atoms. The molecule has 1 aliphatic carbocycles. The lowest BCUT2D eigenvalue weighted by atomic mass is 10.1. The van der Waals surface area contributed by atoms with Crippen molar-refractivity contribution in [3.63, 3.8) is 0 Å². The van der Waals surface area contributed by atoms with Crippen molar-refractivity contribution < 1.29 is 9.59 Å². The van der Waals surface area contributed by atoms with Crippen LogP contribution >= 0.6 is 0 Å². The van der Waals surface area contributed by atoms with Crippen molar-refractivity contribution in [3.8, 4) is 0 Å². The van der Waals surface area contributed by atoms with E-state index in [1.807, 2.05) is 62.2 Å². The number of aryl methyl sites for hydroxylation is 1. The first-order valence-electron chi connectivity index (χ1n) is 10.7. The maximum Gasteiger partial charge on any atom is 0.238 e. The van der Waals surface area contributed by atoms with Crippen LogP contribution in [0.3, 0.4) is 0 Å². The number of carbonyl (C=O) groups excluding carboxylic acids is 2. The lowest BCUT2D eigenvalue weighted by Crippen LogP contribution is -2.45. The first kappa shape index (κ1) is 22.0. The lowest BCUT2D eigenvalue weighted by Gasteiger charge is -2.31. The standard InChI is InChI=1S/C25H33N3O2/c1-18-9-8-12-23(19(18)2)26-24(29)16-27(4)17-25(30)28(20(3)22-13-14-22)15-21-10-6-5-7-11-21/h5-12,20,22H,13-17H2,1-4H3,(H,26,29)/t20-/m1/s1. The van der Waals surface area contributed by atoms with Gasteiger partial charge in [-0.25, -0.2) is 0 Å². The fraction of sp³-hybridized carbons (Fsp3) is 0.440. The summed E-state index contributed by atoms with van der Waals surface area (Å²) in [6.07, 6.45) is 2.38. The molecule has 160 valence electrons. The van der Waals surface area contributed by atoms with Crippen molar-refractivity contribution in [2.24, 2.45) is 5.92 Å². The Balaban J connectivity index is 1.58. The molecule has 2 aromatic carbocycles. The zero-order valence-electron chi connectivity index (χ0n) is 18.5. The van der Waals surface area contributed by atoms with E-state index >= 15 is 0 Å². The molecule has 0 heterocycles. The normalized spacial score (nSPS) is 14.4. The predicted molar refractivity (Wildman–Crippen MR) is 121 cm³/mol. The number of likely N-dealkylation sites (N-methyl/N-ethyl adjacent to an activating group) is 1. The Bertz CT molecular complexity index is 877. The van der Waals surface area contributed by atoms with E-state index in [0.29, 0.717) is 12.5 Å². The minimum absolute atomic E-state index is 0.0697. The van der Waals surface area contributed by atoms with Crippen LogP contribution in [0.4, 0.5) is 5.69 Å². The molecule has 5 nitrogen and oxygen atoms in total. The van der Waals surface area contributed by atoms with E-state index in [0.717, 1.165) is 22.4 Å². The van der Waals surface area contributed by atoms with Crippen LogP contribution in [-0.2, 0) is 16.1 Å². The van der Waals surface area contributed by atoms with E-state index in [2.05, 4.69) is 24.4 Å². The number of hydrogen-bond acceptors (Lipinski definition) is 3. The monoisotopic (exact) mass is 407 g/mol. The SMILES string of the molecule is Cc1cccc(NC(=O)CN(C)CC(=O)N(Cc2ccccc2)[C@H](C)C2CC2)c1C. The van der Waals surface area contributed by atoms with Gasteiger partial charge in [-0.15, -0.1) is 0 Å². The van der Waals surface area contributed by atoms with Crippen molar-refractivity contribution in [3.05, 3.63) is 65.2 Å². The van der Waals surface area contributed by atoms with Gasteiger partial charge in [0.15, 0.2) is 0 Å². The maximum atomic E-state index is 13.1. The summed E-state index contributed by atoms with van der Waals surface area (Å²) in [5.74, 6) is 0.555.